The van der Waals surface area contributed by atoms with Gasteiger partial charge in [0.25, 0.3) is 0 Å². The predicted molar refractivity (Wildman–Crippen MR) is 61.0 cm³/mol. The Balaban J connectivity index is 2.33. The largest absolute Gasteiger partial charge is 0.316 e. The highest BCUT2D eigenvalue weighted by molar-refractivity contribution is 6.30. The zero-order chi connectivity index (χ0) is 10.8. The highest BCUT2D eigenvalue weighted by Gasteiger charge is 2.19. The third kappa shape index (κ3) is 2.32. The summed E-state index contributed by atoms with van der Waals surface area (Å²) in [6.45, 7) is 3.66. The number of aryl methyl sites for hydroxylation is 1. The molecule has 1 aliphatic heterocycles. The number of hydrogen-bond acceptors (Lipinski definition) is 1. The maximum atomic E-state index is 13.9. The third-order valence-electron chi connectivity index (χ3n) is 2.98. The van der Waals surface area contributed by atoms with Crippen LogP contribution in [0.4, 0.5) is 4.39 Å². The van der Waals surface area contributed by atoms with Crippen LogP contribution >= 0.6 is 11.6 Å². The first-order chi connectivity index (χ1) is 7.18. The van der Waals surface area contributed by atoms with E-state index in [0.717, 1.165) is 31.5 Å². The van der Waals surface area contributed by atoms with Crippen LogP contribution in [0.1, 0.15) is 29.9 Å². The van der Waals surface area contributed by atoms with Crippen molar-refractivity contribution in [3.05, 3.63) is 34.1 Å². The number of hydrogen-bond donors (Lipinski definition) is 1. The van der Waals surface area contributed by atoms with E-state index in [1.807, 2.05) is 0 Å². The summed E-state index contributed by atoms with van der Waals surface area (Å²) in [5, 5.41) is 3.92. The van der Waals surface area contributed by atoms with Gasteiger partial charge in [-0.05, 0) is 55.5 Å². The van der Waals surface area contributed by atoms with Crippen molar-refractivity contribution in [3.63, 3.8) is 0 Å². The normalized spacial score (nSPS) is 21.7. The SMILES string of the molecule is Cc1cc(Cl)cc(C2CCCNC2)c1F. The number of nitrogens with one attached hydrogen (secondary N) is 1. The van der Waals surface area contributed by atoms with Crippen molar-refractivity contribution >= 4 is 11.6 Å². The van der Waals surface area contributed by atoms with Crippen molar-refractivity contribution in [1.82, 2.24) is 5.32 Å². The van der Waals surface area contributed by atoms with Crippen LogP contribution in [-0.2, 0) is 0 Å². The van der Waals surface area contributed by atoms with E-state index in [2.05, 4.69) is 5.32 Å². The number of halogens is 2. The highest BCUT2D eigenvalue weighted by Crippen LogP contribution is 2.29. The molecule has 1 heterocycles. The minimum Gasteiger partial charge on any atom is -0.316 e. The monoisotopic (exact) mass is 227 g/mol. The first-order valence-electron chi connectivity index (χ1n) is 5.34. The molecule has 0 radical (unpaired) electrons. The number of rotatable bonds is 1. The second kappa shape index (κ2) is 4.50. The van der Waals surface area contributed by atoms with Crippen LogP contribution in [0, 0.1) is 12.7 Å². The van der Waals surface area contributed by atoms with Crippen molar-refractivity contribution in [2.45, 2.75) is 25.7 Å². The van der Waals surface area contributed by atoms with Gasteiger partial charge in [0.2, 0.25) is 0 Å². The van der Waals surface area contributed by atoms with Crippen LogP contribution in [0.5, 0.6) is 0 Å². The summed E-state index contributed by atoms with van der Waals surface area (Å²) in [4.78, 5) is 0. The van der Waals surface area contributed by atoms with E-state index >= 15 is 0 Å². The Morgan fingerprint density at radius 1 is 1.47 bits per heavy atom. The van der Waals surface area contributed by atoms with E-state index in [4.69, 9.17) is 11.6 Å². The van der Waals surface area contributed by atoms with Gasteiger partial charge in [0, 0.05) is 11.6 Å². The smallest absolute Gasteiger partial charge is 0.129 e. The Morgan fingerprint density at radius 3 is 2.93 bits per heavy atom. The van der Waals surface area contributed by atoms with E-state index < -0.39 is 0 Å². The van der Waals surface area contributed by atoms with Crippen molar-refractivity contribution in [1.29, 1.82) is 0 Å². The van der Waals surface area contributed by atoms with Crippen LogP contribution in [0.15, 0.2) is 12.1 Å². The maximum Gasteiger partial charge on any atom is 0.129 e. The van der Waals surface area contributed by atoms with Gasteiger partial charge >= 0.3 is 0 Å². The number of benzene rings is 1. The Bertz CT molecular complexity index is 359. The van der Waals surface area contributed by atoms with Crippen molar-refractivity contribution in [2.75, 3.05) is 13.1 Å². The van der Waals surface area contributed by atoms with Crippen LogP contribution in [0.3, 0.4) is 0 Å². The van der Waals surface area contributed by atoms with E-state index in [9.17, 15) is 4.39 Å². The average Bonchev–Trinajstić information content (AvgIpc) is 2.24. The summed E-state index contributed by atoms with van der Waals surface area (Å²) >= 11 is 5.95. The van der Waals surface area contributed by atoms with E-state index in [-0.39, 0.29) is 11.7 Å². The minimum atomic E-state index is -0.0897. The van der Waals surface area contributed by atoms with Gasteiger partial charge in [-0.25, -0.2) is 4.39 Å². The van der Waals surface area contributed by atoms with Crippen molar-refractivity contribution in [2.24, 2.45) is 0 Å². The molecule has 15 heavy (non-hydrogen) atoms. The maximum absolute atomic E-state index is 13.9. The van der Waals surface area contributed by atoms with Gasteiger partial charge in [-0.15, -0.1) is 0 Å². The molecule has 1 nitrogen and oxygen atoms in total. The molecule has 0 amide bonds. The molecule has 0 aliphatic carbocycles. The van der Waals surface area contributed by atoms with E-state index in [1.165, 1.54) is 0 Å². The van der Waals surface area contributed by atoms with Crippen LogP contribution in [-0.4, -0.2) is 13.1 Å². The lowest BCUT2D eigenvalue weighted by molar-refractivity contribution is 0.445. The molecule has 0 spiro atoms. The third-order valence-corrected chi connectivity index (χ3v) is 3.20. The minimum absolute atomic E-state index is 0.0897. The summed E-state index contributed by atoms with van der Waals surface area (Å²) in [6, 6.07) is 3.44. The first-order valence-corrected chi connectivity index (χ1v) is 5.72. The summed E-state index contributed by atoms with van der Waals surface area (Å²) in [7, 11) is 0. The average molecular weight is 228 g/mol. The molecule has 1 aromatic carbocycles. The van der Waals surface area contributed by atoms with Gasteiger partial charge in [-0.3, -0.25) is 0 Å². The first kappa shape index (κ1) is 10.9. The van der Waals surface area contributed by atoms with Crippen molar-refractivity contribution in [3.8, 4) is 0 Å². The van der Waals surface area contributed by atoms with Crippen molar-refractivity contribution < 1.29 is 4.39 Å². The summed E-state index contributed by atoms with van der Waals surface area (Å²) in [6.07, 6.45) is 2.15. The molecule has 1 aliphatic rings. The Morgan fingerprint density at radius 2 is 2.27 bits per heavy atom. The molecule has 1 unspecified atom stereocenters. The Kier molecular flexibility index (Phi) is 3.27. The van der Waals surface area contributed by atoms with E-state index in [0.29, 0.717) is 10.6 Å². The Labute approximate surface area is 94.6 Å². The summed E-state index contributed by atoms with van der Waals surface area (Å²) in [5.74, 6) is 0.184. The molecule has 0 bridgehead atoms. The highest BCUT2D eigenvalue weighted by atomic mass is 35.5. The quantitative estimate of drug-likeness (QED) is 0.777. The molecule has 1 aromatic rings. The zero-order valence-electron chi connectivity index (χ0n) is 8.82. The van der Waals surface area contributed by atoms with Gasteiger partial charge in [0.05, 0.1) is 0 Å². The molecular weight excluding hydrogens is 213 g/mol. The lowest BCUT2D eigenvalue weighted by atomic mass is 9.90. The molecule has 3 heteroatoms. The summed E-state index contributed by atoms with van der Waals surface area (Å²) in [5.41, 5.74) is 1.41. The van der Waals surface area contributed by atoms with Crippen LogP contribution in [0.25, 0.3) is 0 Å². The molecule has 1 N–H and O–H groups in total. The summed E-state index contributed by atoms with van der Waals surface area (Å²) < 4.78 is 13.9. The van der Waals surface area contributed by atoms with Gasteiger partial charge < -0.3 is 5.32 Å². The fourth-order valence-corrected chi connectivity index (χ4v) is 2.45. The van der Waals surface area contributed by atoms with Crippen LogP contribution < -0.4 is 5.32 Å². The lowest BCUT2D eigenvalue weighted by Gasteiger charge is -2.24. The van der Waals surface area contributed by atoms with Gasteiger partial charge in [0.1, 0.15) is 5.82 Å². The fourth-order valence-electron chi connectivity index (χ4n) is 2.17. The molecule has 82 valence electrons. The number of piperidine rings is 1. The lowest BCUT2D eigenvalue weighted by Crippen LogP contribution is -2.29. The molecule has 1 saturated heterocycles. The topological polar surface area (TPSA) is 12.0 Å². The molecular formula is C12H15ClFN. The predicted octanol–water partition coefficient (Wildman–Crippen LogP) is 3.25. The van der Waals surface area contributed by atoms with Gasteiger partial charge in [-0.2, -0.15) is 0 Å². The Hall–Kier alpha value is -0.600. The standard InChI is InChI=1S/C12H15ClFN/c1-8-5-10(13)6-11(12(8)14)9-3-2-4-15-7-9/h5-6,9,15H,2-4,7H2,1H3. The van der Waals surface area contributed by atoms with Crippen LogP contribution in [0.2, 0.25) is 5.02 Å². The van der Waals surface area contributed by atoms with E-state index in [1.54, 1.807) is 19.1 Å². The second-order valence-electron chi connectivity index (χ2n) is 4.17. The zero-order valence-corrected chi connectivity index (χ0v) is 9.57. The fraction of sp³-hybridized carbons (Fsp3) is 0.500. The molecule has 0 saturated carbocycles. The van der Waals surface area contributed by atoms with Gasteiger partial charge in [0.15, 0.2) is 0 Å². The molecule has 2 rings (SSSR count). The molecule has 0 aromatic heterocycles. The molecule has 1 fully saturated rings. The second-order valence-corrected chi connectivity index (χ2v) is 4.61. The van der Waals surface area contributed by atoms with Gasteiger partial charge in [-0.1, -0.05) is 11.6 Å². The molecule has 1 atom stereocenters.